The molecule has 0 aliphatic carbocycles. The van der Waals surface area contributed by atoms with Gasteiger partial charge in [0.05, 0.1) is 0 Å². The van der Waals surface area contributed by atoms with Crippen LogP contribution in [-0.2, 0) is 19.3 Å². The van der Waals surface area contributed by atoms with Crippen molar-refractivity contribution in [3.05, 3.63) is 101 Å². The summed E-state index contributed by atoms with van der Waals surface area (Å²) >= 11 is 0. The molecule has 4 aromatic rings. The minimum atomic E-state index is -4.71. The van der Waals surface area contributed by atoms with Crippen molar-refractivity contribution in [2.45, 2.75) is 32.5 Å². The number of fused-ring (bicyclic) bond motifs is 1. The summed E-state index contributed by atoms with van der Waals surface area (Å²) in [5.74, 6) is -0.523. The maximum absolute atomic E-state index is 15.1. The van der Waals surface area contributed by atoms with Crippen molar-refractivity contribution in [1.82, 2.24) is 0 Å². The van der Waals surface area contributed by atoms with Crippen LogP contribution >= 0.6 is 0 Å². The number of hydrogen-bond acceptors (Lipinski definition) is 1. The highest BCUT2D eigenvalue weighted by Crippen LogP contribution is 2.29. The Morgan fingerprint density at radius 2 is 1.38 bits per heavy atom. The Bertz CT molecular complexity index is 1210. The van der Waals surface area contributed by atoms with Crippen molar-refractivity contribution in [3.8, 4) is 16.9 Å². The Balaban J connectivity index is 1.49. The molecule has 0 saturated heterocycles. The first-order chi connectivity index (χ1) is 15.3. The van der Waals surface area contributed by atoms with Gasteiger partial charge >= 0.3 is 6.36 Å². The number of aryl methyl sites for hydroxylation is 3. The Labute approximate surface area is 184 Å². The zero-order valence-corrected chi connectivity index (χ0v) is 17.5. The summed E-state index contributed by atoms with van der Waals surface area (Å²) in [5.41, 5.74) is 4.78. The molecule has 0 fully saturated rings. The van der Waals surface area contributed by atoms with E-state index < -0.39 is 6.36 Å². The van der Waals surface area contributed by atoms with Gasteiger partial charge in [0.2, 0.25) is 0 Å². The van der Waals surface area contributed by atoms with Crippen molar-refractivity contribution in [2.75, 3.05) is 0 Å². The van der Waals surface area contributed by atoms with Crippen molar-refractivity contribution in [1.29, 1.82) is 0 Å². The highest BCUT2D eigenvalue weighted by Gasteiger charge is 2.30. The summed E-state index contributed by atoms with van der Waals surface area (Å²) in [5, 5.41) is 1.39. The Morgan fingerprint density at radius 1 is 0.719 bits per heavy atom. The second-order valence-electron chi connectivity index (χ2n) is 7.72. The molecule has 0 aliphatic rings. The van der Waals surface area contributed by atoms with Crippen LogP contribution in [0.3, 0.4) is 0 Å². The predicted octanol–water partition coefficient (Wildman–Crippen LogP) is 7.89. The third kappa shape index (κ3) is 5.10. The lowest BCUT2D eigenvalue weighted by atomic mass is 9.96. The summed E-state index contributed by atoms with van der Waals surface area (Å²) < 4.78 is 55.8. The molecular formula is C27H22F4O. The molecule has 164 valence electrons. The maximum Gasteiger partial charge on any atom is 0.573 e. The molecule has 5 heteroatoms. The monoisotopic (exact) mass is 438 g/mol. The molecule has 0 aliphatic heterocycles. The van der Waals surface area contributed by atoms with Gasteiger partial charge in [0.15, 0.2) is 0 Å². The minimum absolute atomic E-state index is 0.257. The van der Waals surface area contributed by atoms with Crippen LogP contribution in [0.25, 0.3) is 21.9 Å². The van der Waals surface area contributed by atoms with Gasteiger partial charge in [-0.3, -0.25) is 0 Å². The summed E-state index contributed by atoms with van der Waals surface area (Å²) in [6, 6.07) is 23.5. The highest BCUT2D eigenvalue weighted by atomic mass is 19.4. The molecule has 0 saturated carbocycles. The minimum Gasteiger partial charge on any atom is -0.406 e. The molecule has 0 unspecified atom stereocenters. The van der Waals surface area contributed by atoms with E-state index in [9.17, 15) is 13.2 Å². The van der Waals surface area contributed by atoms with Crippen LogP contribution in [0, 0.1) is 5.82 Å². The molecule has 0 aromatic heterocycles. The second kappa shape index (κ2) is 9.03. The Morgan fingerprint density at radius 3 is 2.03 bits per heavy atom. The van der Waals surface area contributed by atoms with Gasteiger partial charge in [-0.05, 0) is 70.7 Å². The fraction of sp³-hybridized carbons (Fsp3) is 0.185. The standard InChI is InChI=1S/C27H22F4O/c1-2-18-3-8-20(9-4-18)22-13-16-25-23(17-22)12-11-21(26(25)28)10-5-19-6-14-24(15-7-19)32-27(29,30)31/h3-4,6-9,11-17H,2,5,10H2,1H3. The lowest BCUT2D eigenvalue weighted by Gasteiger charge is -2.11. The van der Waals surface area contributed by atoms with Gasteiger partial charge in [-0.2, -0.15) is 0 Å². The predicted molar refractivity (Wildman–Crippen MR) is 119 cm³/mol. The van der Waals surface area contributed by atoms with Gasteiger partial charge in [-0.25, -0.2) is 4.39 Å². The van der Waals surface area contributed by atoms with Crippen LogP contribution in [0.4, 0.5) is 17.6 Å². The van der Waals surface area contributed by atoms with Gasteiger partial charge < -0.3 is 4.74 Å². The second-order valence-corrected chi connectivity index (χ2v) is 7.72. The average molecular weight is 438 g/mol. The number of benzene rings is 4. The number of alkyl halides is 3. The van der Waals surface area contributed by atoms with E-state index in [1.807, 2.05) is 18.2 Å². The number of halogens is 4. The van der Waals surface area contributed by atoms with E-state index in [0.717, 1.165) is 28.5 Å². The molecule has 4 rings (SSSR count). The van der Waals surface area contributed by atoms with Crippen LogP contribution in [0.5, 0.6) is 5.75 Å². The van der Waals surface area contributed by atoms with Crippen LogP contribution < -0.4 is 4.74 Å². The lowest BCUT2D eigenvalue weighted by molar-refractivity contribution is -0.274. The average Bonchev–Trinajstić information content (AvgIpc) is 2.78. The fourth-order valence-corrected chi connectivity index (χ4v) is 3.78. The first-order valence-electron chi connectivity index (χ1n) is 10.5. The molecule has 0 radical (unpaired) electrons. The number of ether oxygens (including phenoxy) is 1. The summed E-state index contributed by atoms with van der Waals surface area (Å²) in [7, 11) is 0. The normalized spacial score (nSPS) is 11.7. The van der Waals surface area contributed by atoms with E-state index in [1.54, 1.807) is 24.3 Å². The fourth-order valence-electron chi connectivity index (χ4n) is 3.78. The third-order valence-electron chi connectivity index (χ3n) is 5.57. The smallest absolute Gasteiger partial charge is 0.406 e. The van der Waals surface area contributed by atoms with E-state index in [4.69, 9.17) is 0 Å². The largest absolute Gasteiger partial charge is 0.573 e. The summed E-state index contributed by atoms with van der Waals surface area (Å²) in [6.07, 6.45) is -2.77. The van der Waals surface area contributed by atoms with Crippen LogP contribution in [0.2, 0.25) is 0 Å². The van der Waals surface area contributed by atoms with Gasteiger partial charge in [0.1, 0.15) is 11.6 Å². The number of hydrogen-bond donors (Lipinski definition) is 0. The molecule has 32 heavy (non-hydrogen) atoms. The Kier molecular flexibility index (Phi) is 6.17. The van der Waals surface area contributed by atoms with Crippen molar-refractivity contribution < 1.29 is 22.3 Å². The van der Waals surface area contributed by atoms with Gasteiger partial charge in [-0.1, -0.05) is 67.6 Å². The molecule has 0 bridgehead atoms. The van der Waals surface area contributed by atoms with Gasteiger partial charge in [0, 0.05) is 5.39 Å². The molecular weight excluding hydrogens is 416 g/mol. The summed E-state index contributed by atoms with van der Waals surface area (Å²) in [6.45, 7) is 2.11. The molecule has 0 N–H and O–H groups in total. The van der Waals surface area contributed by atoms with E-state index in [-0.39, 0.29) is 11.6 Å². The lowest BCUT2D eigenvalue weighted by Crippen LogP contribution is -2.17. The maximum atomic E-state index is 15.1. The zero-order valence-electron chi connectivity index (χ0n) is 17.5. The molecule has 4 aromatic carbocycles. The zero-order chi connectivity index (χ0) is 22.7. The topological polar surface area (TPSA) is 9.23 Å². The third-order valence-corrected chi connectivity index (χ3v) is 5.57. The van der Waals surface area contributed by atoms with E-state index >= 15 is 4.39 Å². The van der Waals surface area contributed by atoms with E-state index in [2.05, 4.69) is 35.9 Å². The Hall–Kier alpha value is -3.34. The van der Waals surface area contributed by atoms with Crippen molar-refractivity contribution >= 4 is 10.8 Å². The quantitative estimate of drug-likeness (QED) is 0.278. The SMILES string of the molecule is CCc1ccc(-c2ccc3c(F)c(CCc4ccc(OC(F)(F)F)cc4)ccc3c2)cc1. The summed E-state index contributed by atoms with van der Waals surface area (Å²) in [4.78, 5) is 0. The van der Waals surface area contributed by atoms with Crippen LogP contribution in [-0.4, -0.2) is 6.36 Å². The van der Waals surface area contributed by atoms with E-state index in [0.29, 0.717) is 23.8 Å². The van der Waals surface area contributed by atoms with Crippen molar-refractivity contribution in [2.24, 2.45) is 0 Å². The van der Waals surface area contributed by atoms with Crippen LogP contribution in [0.15, 0.2) is 78.9 Å². The molecule has 0 spiro atoms. The first kappa shape index (κ1) is 21.9. The molecule has 1 nitrogen and oxygen atoms in total. The highest BCUT2D eigenvalue weighted by molar-refractivity contribution is 5.88. The van der Waals surface area contributed by atoms with E-state index in [1.165, 1.54) is 17.7 Å². The van der Waals surface area contributed by atoms with Crippen LogP contribution in [0.1, 0.15) is 23.6 Å². The first-order valence-corrected chi connectivity index (χ1v) is 10.5. The molecule has 0 amide bonds. The van der Waals surface area contributed by atoms with Gasteiger partial charge in [-0.15, -0.1) is 13.2 Å². The van der Waals surface area contributed by atoms with Crippen molar-refractivity contribution in [3.63, 3.8) is 0 Å². The van der Waals surface area contributed by atoms with Gasteiger partial charge in [0.25, 0.3) is 0 Å². The number of rotatable bonds is 6. The molecule has 0 atom stereocenters. The molecule has 0 heterocycles.